The summed E-state index contributed by atoms with van der Waals surface area (Å²) in [7, 11) is 0. The lowest BCUT2D eigenvalue weighted by Gasteiger charge is -2.09. The van der Waals surface area contributed by atoms with Gasteiger partial charge in [0.05, 0.1) is 18.1 Å². The maximum atomic E-state index is 8.81. The highest BCUT2D eigenvalue weighted by atomic mass is 35.5. The van der Waals surface area contributed by atoms with Crippen LogP contribution < -0.4 is 5.73 Å². The summed E-state index contributed by atoms with van der Waals surface area (Å²) in [4.78, 5) is 8.06. The molecule has 2 aromatic rings. The smallest absolute Gasteiger partial charge is 0.155 e. The number of aliphatic hydroxyl groups excluding tert-OH is 1. The van der Waals surface area contributed by atoms with E-state index in [0.29, 0.717) is 17.2 Å². The Morgan fingerprint density at radius 3 is 3.00 bits per heavy atom. The average Bonchev–Trinajstić information content (AvgIpc) is 2.60. The van der Waals surface area contributed by atoms with Crippen LogP contribution in [-0.2, 0) is 0 Å². The summed E-state index contributed by atoms with van der Waals surface area (Å²) in [6.07, 6.45) is 5.41. The molecule has 1 unspecified atom stereocenters. The second-order valence-electron chi connectivity index (χ2n) is 3.24. The fourth-order valence-electron chi connectivity index (χ4n) is 1.45. The van der Waals surface area contributed by atoms with E-state index in [1.54, 1.807) is 23.0 Å². The molecule has 2 aromatic heterocycles. The van der Waals surface area contributed by atoms with Gasteiger partial charge in [0.15, 0.2) is 5.65 Å². The first kappa shape index (κ1) is 10.4. The van der Waals surface area contributed by atoms with Crippen molar-refractivity contribution in [3.8, 4) is 0 Å². The Kier molecular flexibility index (Phi) is 2.86. The molecule has 0 saturated heterocycles. The predicted molar refractivity (Wildman–Crippen MR) is 56.6 cm³/mol. The third-order valence-electron chi connectivity index (χ3n) is 2.21. The molecular weight excluding hydrogens is 216 g/mol. The van der Waals surface area contributed by atoms with Gasteiger partial charge in [-0.05, 0) is 6.42 Å². The summed E-state index contributed by atoms with van der Waals surface area (Å²) in [6, 6.07) is -0.247. The molecule has 0 spiro atoms. The molecule has 0 aromatic carbocycles. The van der Waals surface area contributed by atoms with Gasteiger partial charge in [0.2, 0.25) is 0 Å². The third-order valence-corrected chi connectivity index (χ3v) is 2.41. The molecule has 3 N–H and O–H groups in total. The van der Waals surface area contributed by atoms with E-state index in [2.05, 4.69) is 9.97 Å². The summed E-state index contributed by atoms with van der Waals surface area (Å²) in [5.41, 5.74) is 7.40. The lowest BCUT2D eigenvalue weighted by Crippen LogP contribution is -2.14. The second kappa shape index (κ2) is 4.14. The minimum Gasteiger partial charge on any atom is -0.396 e. The number of hydrogen-bond acceptors (Lipinski definition) is 4. The summed E-state index contributed by atoms with van der Waals surface area (Å²) < 4.78 is 1.79. The van der Waals surface area contributed by atoms with Crippen molar-refractivity contribution in [1.29, 1.82) is 0 Å². The van der Waals surface area contributed by atoms with Gasteiger partial charge in [-0.1, -0.05) is 11.6 Å². The van der Waals surface area contributed by atoms with Crippen molar-refractivity contribution in [1.82, 2.24) is 14.4 Å². The van der Waals surface area contributed by atoms with E-state index in [1.165, 1.54) is 0 Å². The number of aliphatic hydroxyl groups is 1. The predicted octanol–water partition coefficient (Wildman–Crippen LogP) is 0.765. The van der Waals surface area contributed by atoms with E-state index >= 15 is 0 Å². The number of rotatable bonds is 3. The quantitative estimate of drug-likeness (QED) is 0.811. The zero-order chi connectivity index (χ0) is 10.8. The van der Waals surface area contributed by atoms with Crippen LogP contribution >= 0.6 is 11.6 Å². The average molecular weight is 227 g/mol. The Labute approximate surface area is 91.5 Å². The van der Waals surface area contributed by atoms with Crippen LogP contribution in [0.15, 0.2) is 18.6 Å². The molecule has 0 radical (unpaired) electrons. The first-order valence-corrected chi connectivity index (χ1v) is 4.95. The van der Waals surface area contributed by atoms with E-state index in [9.17, 15) is 0 Å². The van der Waals surface area contributed by atoms with E-state index in [4.69, 9.17) is 22.4 Å². The number of hydrogen-bond donors (Lipinski definition) is 2. The van der Waals surface area contributed by atoms with E-state index in [0.717, 1.165) is 5.69 Å². The molecule has 2 rings (SSSR count). The Balaban J connectivity index is 2.47. The fraction of sp³-hybridized carbons (Fsp3) is 0.333. The van der Waals surface area contributed by atoms with Gasteiger partial charge in [0, 0.05) is 18.8 Å². The number of fused-ring (bicyclic) bond motifs is 1. The molecule has 15 heavy (non-hydrogen) atoms. The molecule has 5 nitrogen and oxygen atoms in total. The SMILES string of the molecule is NC(CCO)c1cnc2cnc(Cl)cn12. The van der Waals surface area contributed by atoms with Crippen molar-refractivity contribution in [3.05, 3.63) is 29.4 Å². The zero-order valence-electron chi connectivity index (χ0n) is 7.97. The van der Waals surface area contributed by atoms with E-state index in [-0.39, 0.29) is 12.6 Å². The first-order valence-electron chi connectivity index (χ1n) is 4.57. The molecule has 0 fully saturated rings. The monoisotopic (exact) mass is 226 g/mol. The van der Waals surface area contributed by atoms with Gasteiger partial charge in [0.25, 0.3) is 0 Å². The molecule has 0 aliphatic rings. The summed E-state index contributed by atoms with van der Waals surface area (Å²) in [5.74, 6) is 0. The zero-order valence-corrected chi connectivity index (χ0v) is 8.72. The van der Waals surface area contributed by atoms with Crippen LogP contribution in [0.5, 0.6) is 0 Å². The molecule has 2 heterocycles. The number of nitrogens with two attached hydrogens (primary N) is 1. The molecule has 1 atom stereocenters. The molecule has 80 valence electrons. The van der Waals surface area contributed by atoms with Crippen LogP contribution in [0.2, 0.25) is 5.15 Å². The van der Waals surface area contributed by atoms with Gasteiger partial charge < -0.3 is 10.8 Å². The highest BCUT2D eigenvalue weighted by Crippen LogP contribution is 2.16. The van der Waals surface area contributed by atoms with Gasteiger partial charge in [-0.15, -0.1) is 0 Å². The maximum absolute atomic E-state index is 8.81. The topological polar surface area (TPSA) is 76.4 Å². The summed E-state index contributed by atoms with van der Waals surface area (Å²) in [6.45, 7) is 0.0488. The number of halogens is 1. The fourth-order valence-corrected chi connectivity index (χ4v) is 1.59. The van der Waals surface area contributed by atoms with Crippen molar-refractivity contribution in [3.63, 3.8) is 0 Å². The minimum atomic E-state index is -0.247. The summed E-state index contributed by atoms with van der Waals surface area (Å²) >= 11 is 5.78. The van der Waals surface area contributed by atoms with Crippen LogP contribution in [0, 0.1) is 0 Å². The van der Waals surface area contributed by atoms with E-state index in [1.807, 2.05) is 0 Å². The van der Waals surface area contributed by atoms with Gasteiger partial charge in [-0.2, -0.15) is 0 Å². The van der Waals surface area contributed by atoms with Crippen molar-refractivity contribution in [2.75, 3.05) is 6.61 Å². The highest BCUT2D eigenvalue weighted by Gasteiger charge is 2.11. The van der Waals surface area contributed by atoms with Crippen LogP contribution in [0.1, 0.15) is 18.2 Å². The Hall–Kier alpha value is -1.17. The van der Waals surface area contributed by atoms with Crippen LogP contribution in [0.4, 0.5) is 0 Å². The highest BCUT2D eigenvalue weighted by molar-refractivity contribution is 6.29. The molecule has 0 aliphatic carbocycles. The lowest BCUT2D eigenvalue weighted by atomic mass is 10.2. The second-order valence-corrected chi connectivity index (χ2v) is 3.63. The van der Waals surface area contributed by atoms with E-state index < -0.39 is 0 Å². The van der Waals surface area contributed by atoms with Crippen LogP contribution in [0.25, 0.3) is 5.65 Å². The Bertz CT molecular complexity index is 470. The normalized spacial score (nSPS) is 13.3. The third kappa shape index (κ3) is 1.94. The van der Waals surface area contributed by atoms with Crippen molar-refractivity contribution in [2.45, 2.75) is 12.5 Å². The molecule has 0 bridgehead atoms. The molecule has 0 saturated carbocycles. The Morgan fingerprint density at radius 2 is 2.27 bits per heavy atom. The van der Waals surface area contributed by atoms with Crippen molar-refractivity contribution >= 4 is 17.2 Å². The minimum absolute atomic E-state index is 0.0488. The molecule has 0 amide bonds. The molecule has 0 aliphatic heterocycles. The van der Waals surface area contributed by atoms with Gasteiger partial charge in [-0.3, -0.25) is 4.40 Å². The van der Waals surface area contributed by atoms with Crippen molar-refractivity contribution < 1.29 is 5.11 Å². The van der Waals surface area contributed by atoms with Gasteiger partial charge in [-0.25, -0.2) is 9.97 Å². The van der Waals surface area contributed by atoms with Crippen LogP contribution in [0.3, 0.4) is 0 Å². The molecule has 6 heteroatoms. The largest absolute Gasteiger partial charge is 0.396 e. The first-order chi connectivity index (χ1) is 7.22. The summed E-state index contributed by atoms with van der Waals surface area (Å²) in [5, 5.41) is 9.20. The lowest BCUT2D eigenvalue weighted by molar-refractivity contribution is 0.275. The number of aromatic nitrogens is 3. The standard InChI is InChI=1S/C9H11ClN4O/c10-8-5-14-7(6(11)1-2-15)3-13-9(14)4-12-8/h3-6,15H,1-2,11H2. The maximum Gasteiger partial charge on any atom is 0.155 e. The van der Waals surface area contributed by atoms with Gasteiger partial charge in [0.1, 0.15) is 5.15 Å². The number of imidazole rings is 1. The molecular formula is C9H11ClN4O. The number of nitrogens with zero attached hydrogens (tertiary/aromatic N) is 3. The van der Waals surface area contributed by atoms with Gasteiger partial charge >= 0.3 is 0 Å². The Morgan fingerprint density at radius 1 is 1.47 bits per heavy atom. The van der Waals surface area contributed by atoms with Crippen molar-refractivity contribution in [2.24, 2.45) is 5.73 Å². The van der Waals surface area contributed by atoms with Crippen LogP contribution in [-0.4, -0.2) is 26.1 Å².